The number of nitrogens with one attached hydrogen (secondary N) is 1. The zero-order valence-corrected chi connectivity index (χ0v) is 12.4. The second-order valence-electron chi connectivity index (χ2n) is 4.21. The molecule has 1 amide bonds. The summed E-state index contributed by atoms with van der Waals surface area (Å²) in [6, 6.07) is 3.53. The molecule has 5 nitrogen and oxygen atoms in total. The maximum Gasteiger partial charge on any atom is 0.256 e. The Morgan fingerprint density at radius 2 is 2.26 bits per heavy atom. The van der Waals surface area contributed by atoms with Crippen LogP contribution in [0.3, 0.4) is 0 Å². The van der Waals surface area contributed by atoms with Crippen molar-refractivity contribution < 1.29 is 4.79 Å². The Kier molecular flexibility index (Phi) is 3.90. The number of nitrogens with zero attached hydrogens (tertiary/aromatic N) is 2. The lowest BCUT2D eigenvalue weighted by Crippen LogP contribution is -2.14. The van der Waals surface area contributed by atoms with E-state index >= 15 is 0 Å². The van der Waals surface area contributed by atoms with E-state index in [-0.39, 0.29) is 5.91 Å². The molecule has 0 unspecified atom stereocenters. The summed E-state index contributed by atoms with van der Waals surface area (Å²) in [5.41, 5.74) is 8.43. The summed E-state index contributed by atoms with van der Waals surface area (Å²) in [6.45, 7) is 4.57. The SMILES string of the molecule is CCn1cc(NC(=O)c2cc(Br)cc(N)c2C)cn1. The highest BCUT2D eigenvalue weighted by molar-refractivity contribution is 9.10. The lowest BCUT2D eigenvalue weighted by molar-refractivity contribution is 0.102. The molecule has 1 heterocycles. The Bertz CT molecular complexity index is 621. The van der Waals surface area contributed by atoms with Gasteiger partial charge in [-0.1, -0.05) is 15.9 Å². The third-order valence-corrected chi connectivity index (χ3v) is 3.33. The summed E-state index contributed by atoms with van der Waals surface area (Å²) in [6.07, 6.45) is 3.41. The second kappa shape index (κ2) is 5.44. The van der Waals surface area contributed by atoms with Crippen molar-refractivity contribution in [1.82, 2.24) is 9.78 Å². The number of nitrogens with two attached hydrogens (primary N) is 1. The number of halogens is 1. The summed E-state index contributed by atoms with van der Waals surface area (Å²) >= 11 is 3.34. The van der Waals surface area contributed by atoms with Crippen LogP contribution in [0.15, 0.2) is 29.0 Å². The van der Waals surface area contributed by atoms with Gasteiger partial charge in [-0.15, -0.1) is 0 Å². The highest BCUT2D eigenvalue weighted by Gasteiger charge is 2.13. The molecule has 0 saturated carbocycles. The minimum absolute atomic E-state index is 0.193. The number of nitrogen functional groups attached to an aromatic ring is 1. The third kappa shape index (κ3) is 2.96. The van der Waals surface area contributed by atoms with Crippen molar-refractivity contribution in [1.29, 1.82) is 0 Å². The zero-order chi connectivity index (χ0) is 14.0. The van der Waals surface area contributed by atoms with Crippen molar-refractivity contribution >= 4 is 33.2 Å². The number of benzene rings is 1. The van der Waals surface area contributed by atoms with Gasteiger partial charge < -0.3 is 11.1 Å². The van der Waals surface area contributed by atoms with Gasteiger partial charge >= 0.3 is 0 Å². The van der Waals surface area contributed by atoms with Crippen LogP contribution in [0, 0.1) is 6.92 Å². The molecule has 0 aliphatic heterocycles. The van der Waals surface area contributed by atoms with E-state index in [1.54, 1.807) is 29.2 Å². The monoisotopic (exact) mass is 322 g/mol. The molecule has 0 radical (unpaired) electrons. The van der Waals surface area contributed by atoms with E-state index in [9.17, 15) is 4.79 Å². The Balaban J connectivity index is 2.25. The predicted octanol–water partition coefficient (Wildman–Crippen LogP) is 2.81. The van der Waals surface area contributed by atoms with Gasteiger partial charge in [-0.25, -0.2) is 0 Å². The predicted molar refractivity (Wildman–Crippen MR) is 79.1 cm³/mol. The maximum absolute atomic E-state index is 12.2. The first-order valence-corrected chi connectivity index (χ1v) is 6.70. The van der Waals surface area contributed by atoms with Crippen LogP contribution in [-0.4, -0.2) is 15.7 Å². The number of anilines is 2. The zero-order valence-electron chi connectivity index (χ0n) is 10.8. The number of amides is 1. The minimum Gasteiger partial charge on any atom is -0.398 e. The lowest BCUT2D eigenvalue weighted by Gasteiger charge is -2.09. The number of carbonyl (C=O) groups excluding carboxylic acids is 1. The number of hydrogen-bond acceptors (Lipinski definition) is 3. The normalized spacial score (nSPS) is 10.5. The standard InChI is InChI=1S/C13H15BrN4O/c1-3-18-7-10(6-16-18)17-13(19)11-4-9(14)5-12(15)8(11)2/h4-7H,3,15H2,1-2H3,(H,17,19). The minimum atomic E-state index is -0.193. The average molecular weight is 323 g/mol. The molecule has 0 aliphatic carbocycles. The summed E-state index contributed by atoms with van der Waals surface area (Å²) in [4.78, 5) is 12.2. The maximum atomic E-state index is 12.2. The van der Waals surface area contributed by atoms with E-state index in [1.165, 1.54) is 0 Å². The first-order chi connectivity index (χ1) is 9.01. The fourth-order valence-electron chi connectivity index (χ4n) is 1.74. The van der Waals surface area contributed by atoms with Gasteiger partial charge in [0.25, 0.3) is 5.91 Å². The molecule has 3 N–H and O–H groups in total. The largest absolute Gasteiger partial charge is 0.398 e. The number of aromatic nitrogens is 2. The molecular formula is C13H15BrN4O. The fraction of sp³-hybridized carbons (Fsp3) is 0.231. The fourth-order valence-corrected chi connectivity index (χ4v) is 2.21. The van der Waals surface area contributed by atoms with Crippen molar-refractivity contribution in [3.05, 3.63) is 40.1 Å². The molecule has 6 heteroatoms. The van der Waals surface area contributed by atoms with Crippen molar-refractivity contribution in [2.75, 3.05) is 11.1 Å². The molecule has 0 atom stereocenters. The van der Waals surface area contributed by atoms with Gasteiger partial charge in [-0.05, 0) is 31.5 Å². The Labute approximate surface area is 119 Å². The summed E-state index contributed by atoms with van der Waals surface area (Å²) in [7, 11) is 0. The van der Waals surface area contributed by atoms with Gasteiger partial charge in [0, 0.05) is 28.5 Å². The first-order valence-electron chi connectivity index (χ1n) is 5.90. The number of hydrogen-bond donors (Lipinski definition) is 2. The lowest BCUT2D eigenvalue weighted by atomic mass is 10.1. The molecule has 2 rings (SSSR count). The van der Waals surface area contributed by atoms with Crippen LogP contribution in [0.25, 0.3) is 0 Å². The quantitative estimate of drug-likeness (QED) is 0.853. The van der Waals surface area contributed by atoms with E-state index in [0.717, 1.165) is 16.6 Å². The van der Waals surface area contributed by atoms with Crippen LogP contribution < -0.4 is 11.1 Å². The summed E-state index contributed by atoms with van der Waals surface area (Å²) < 4.78 is 2.53. The van der Waals surface area contributed by atoms with E-state index in [1.807, 2.05) is 13.8 Å². The summed E-state index contributed by atoms with van der Waals surface area (Å²) in [5, 5.41) is 6.92. The van der Waals surface area contributed by atoms with E-state index in [0.29, 0.717) is 16.9 Å². The Morgan fingerprint density at radius 1 is 1.53 bits per heavy atom. The van der Waals surface area contributed by atoms with Crippen molar-refractivity contribution in [2.24, 2.45) is 0 Å². The van der Waals surface area contributed by atoms with Crippen LogP contribution in [0.1, 0.15) is 22.8 Å². The number of aryl methyl sites for hydroxylation is 1. The molecule has 19 heavy (non-hydrogen) atoms. The molecule has 1 aromatic carbocycles. The number of carbonyl (C=O) groups is 1. The van der Waals surface area contributed by atoms with Crippen LogP contribution >= 0.6 is 15.9 Å². The molecule has 0 fully saturated rings. The van der Waals surface area contributed by atoms with E-state index in [2.05, 4.69) is 26.3 Å². The smallest absolute Gasteiger partial charge is 0.256 e. The molecule has 0 aliphatic rings. The van der Waals surface area contributed by atoms with E-state index < -0.39 is 0 Å². The Morgan fingerprint density at radius 3 is 2.89 bits per heavy atom. The third-order valence-electron chi connectivity index (χ3n) is 2.87. The van der Waals surface area contributed by atoms with Gasteiger partial charge in [-0.3, -0.25) is 9.48 Å². The second-order valence-corrected chi connectivity index (χ2v) is 5.12. The van der Waals surface area contributed by atoms with Gasteiger partial charge in [0.15, 0.2) is 0 Å². The van der Waals surface area contributed by atoms with Crippen molar-refractivity contribution in [3.8, 4) is 0 Å². The molecular weight excluding hydrogens is 308 g/mol. The average Bonchev–Trinajstić information content (AvgIpc) is 2.81. The van der Waals surface area contributed by atoms with Crippen molar-refractivity contribution in [2.45, 2.75) is 20.4 Å². The van der Waals surface area contributed by atoms with Gasteiger partial charge in [0.1, 0.15) is 0 Å². The van der Waals surface area contributed by atoms with Crippen molar-refractivity contribution in [3.63, 3.8) is 0 Å². The highest BCUT2D eigenvalue weighted by atomic mass is 79.9. The van der Waals surface area contributed by atoms with Gasteiger partial charge in [-0.2, -0.15) is 5.10 Å². The number of rotatable bonds is 3. The van der Waals surface area contributed by atoms with Crippen LogP contribution in [0.2, 0.25) is 0 Å². The van der Waals surface area contributed by atoms with E-state index in [4.69, 9.17) is 5.73 Å². The summed E-state index contributed by atoms with van der Waals surface area (Å²) in [5.74, 6) is -0.193. The highest BCUT2D eigenvalue weighted by Crippen LogP contribution is 2.23. The molecule has 100 valence electrons. The van der Waals surface area contributed by atoms with Gasteiger partial charge in [0.2, 0.25) is 0 Å². The van der Waals surface area contributed by atoms with Crippen LogP contribution in [0.4, 0.5) is 11.4 Å². The molecule has 0 saturated heterocycles. The molecule has 1 aromatic heterocycles. The van der Waals surface area contributed by atoms with Gasteiger partial charge in [0.05, 0.1) is 11.9 Å². The van der Waals surface area contributed by atoms with Crippen LogP contribution in [0.5, 0.6) is 0 Å². The molecule has 2 aromatic rings. The van der Waals surface area contributed by atoms with Crippen LogP contribution in [-0.2, 0) is 6.54 Å². The Hall–Kier alpha value is -1.82. The topological polar surface area (TPSA) is 72.9 Å². The first kappa shape index (κ1) is 13.6. The molecule has 0 bridgehead atoms. The molecule has 0 spiro atoms.